The summed E-state index contributed by atoms with van der Waals surface area (Å²) in [6.45, 7) is 6.59. The minimum Gasteiger partial charge on any atom is -0.352 e. The van der Waals surface area contributed by atoms with E-state index in [0.717, 1.165) is 12.8 Å². The number of carbonyl (C=O) groups excluding carboxylic acids is 1. The molecule has 0 saturated carbocycles. The lowest BCUT2D eigenvalue weighted by molar-refractivity contribution is -0.117. The molecule has 0 spiro atoms. The third-order valence-electron chi connectivity index (χ3n) is 1.30. The van der Waals surface area contributed by atoms with Gasteiger partial charge in [-0.05, 0) is 26.3 Å². The molecule has 12 heavy (non-hydrogen) atoms. The van der Waals surface area contributed by atoms with E-state index in [2.05, 4.69) is 11.9 Å². The number of rotatable bonds is 5. The molecule has 3 nitrogen and oxygen atoms in total. The lowest BCUT2D eigenvalue weighted by Gasteiger charge is -2.02. The molecule has 0 aliphatic rings. The summed E-state index contributed by atoms with van der Waals surface area (Å²) in [5.41, 5.74) is 5.83. The Hall–Kier alpha value is -0.540. The zero-order chi connectivity index (χ0) is 8.69. The van der Waals surface area contributed by atoms with Gasteiger partial charge in [-0.1, -0.05) is 6.58 Å². The molecule has 4 heteroatoms. The molecule has 0 aliphatic carbocycles. The van der Waals surface area contributed by atoms with Gasteiger partial charge in [-0.15, -0.1) is 12.4 Å². The zero-order valence-electron chi connectivity index (χ0n) is 7.43. The lowest BCUT2D eigenvalue weighted by atomic mass is 10.3. The minimum absolute atomic E-state index is 0. The summed E-state index contributed by atoms with van der Waals surface area (Å²) in [7, 11) is 0. The van der Waals surface area contributed by atoms with Gasteiger partial charge in [0.2, 0.25) is 5.91 Å². The highest BCUT2D eigenvalue weighted by molar-refractivity contribution is 5.91. The topological polar surface area (TPSA) is 55.1 Å². The number of carbonyl (C=O) groups is 1. The average Bonchev–Trinajstić information content (AvgIpc) is 1.97. The van der Waals surface area contributed by atoms with Crippen LogP contribution in [0.15, 0.2) is 12.2 Å². The third kappa shape index (κ3) is 7.57. The molecule has 0 unspecified atom stereocenters. The van der Waals surface area contributed by atoms with E-state index in [1.807, 2.05) is 0 Å². The lowest BCUT2D eigenvalue weighted by Crippen LogP contribution is -2.25. The van der Waals surface area contributed by atoms with Crippen LogP contribution in [-0.2, 0) is 4.79 Å². The van der Waals surface area contributed by atoms with Crippen LogP contribution >= 0.6 is 12.4 Å². The molecule has 3 N–H and O–H groups in total. The van der Waals surface area contributed by atoms with Crippen LogP contribution in [0.2, 0.25) is 0 Å². The van der Waals surface area contributed by atoms with Gasteiger partial charge in [-0.3, -0.25) is 4.79 Å². The molecule has 0 heterocycles. The second-order valence-corrected chi connectivity index (χ2v) is 2.53. The van der Waals surface area contributed by atoms with Gasteiger partial charge in [0.1, 0.15) is 0 Å². The standard InChI is InChI=1S/C8H16N2O.ClH/c1-7(2)8(11)10-6-4-3-5-9;/h1,3-6,9H2,2H3,(H,10,11);1H. The fourth-order valence-electron chi connectivity index (χ4n) is 0.622. The first kappa shape index (κ1) is 14.0. The maximum Gasteiger partial charge on any atom is 0.246 e. The zero-order valence-corrected chi connectivity index (χ0v) is 8.25. The van der Waals surface area contributed by atoms with Crippen molar-refractivity contribution in [1.29, 1.82) is 0 Å². The summed E-state index contributed by atoms with van der Waals surface area (Å²) >= 11 is 0. The largest absolute Gasteiger partial charge is 0.352 e. The van der Waals surface area contributed by atoms with Crippen LogP contribution in [0.3, 0.4) is 0 Å². The van der Waals surface area contributed by atoms with E-state index in [9.17, 15) is 4.79 Å². The molecule has 72 valence electrons. The van der Waals surface area contributed by atoms with Crippen molar-refractivity contribution in [3.8, 4) is 0 Å². The van der Waals surface area contributed by atoms with Crippen LogP contribution in [-0.4, -0.2) is 19.0 Å². The van der Waals surface area contributed by atoms with Crippen molar-refractivity contribution < 1.29 is 4.79 Å². The maximum absolute atomic E-state index is 10.9. The van der Waals surface area contributed by atoms with Crippen LogP contribution in [0.25, 0.3) is 0 Å². The van der Waals surface area contributed by atoms with Gasteiger partial charge in [0, 0.05) is 12.1 Å². The Morgan fingerprint density at radius 2 is 2.08 bits per heavy atom. The average molecular weight is 193 g/mol. The fraction of sp³-hybridized carbons (Fsp3) is 0.625. The first-order valence-electron chi connectivity index (χ1n) is 3.82. The number of hydrogen-bond donors (Lipinski definition) is 2. The van der Waals surface area contributed by atoms with E-state index in [1.54, 1.807) is 6.92 Å². The highest BCUT2D eigenvalue weighted by Gasteiger charge is 1.98. The Balaban J connectivity index is 0. The summed E-state index contributed by atoms with van der Waals surface area (Å²) in [5, 5.41) is 2.72. The highest BCUT2D eigenvalue weighted by Crippen LogP contribution is 1.87. The number of hydrogen-bond acceptors (Lipinski definition) is 2. The summed E-state index contributed by atoms with van der Waals surface area (Å²) in [4.78, 5) is 10.9. The van der Waals surface area contributed by atoms with Crippen molar-refractivity contribution in [2.75, 3.05) is 13.1 Å². The smallest absolute Gasteiger partial charge is 0.246 e. The molecule has 0 saturated heterocycles. The number of nitrogens with one attached hydrogen (secondary N) is 1. The van der Waals surface area contributed by atoms with E-state index in [0.29, 0.717) is 18.7 Å². The summed E-state index contributed by atoms with van der Waals surface area (Å²) in [5.74, 6) is -0.0676. The molecule has 0 aromatic rings. The van der Waals surface area contributed by atoms with Crippen LogP contribution in [0.4, 0.5) is 0 Å². The Morgan fingerprint density at radius 3 is 2.50 bits per heavy atom. The van der Waals surface area contributed by atoms with Crippen molar-refractivity contribution in [2.45, 2.75) is 19.8 Å². The third-order valence-corrected chi connectivity index (χ3v) is 1.30. The molecular weight excluding hydrogens is 176 g/mol. The summed E-state index contributed by atoms with van der Waals surface area (Å²) < 4.78 is 0. The Bertz CT molecular complexity index is 148. The number of unbranched alkanes of at least 4 members (excludes halogenated alkanes) is 1. The predicted octanol–water partition coefficient (Wildman–Crippen LogP) is 0.839. The van der Waals surface area contributed by atoms with Crippen LogP contribution in [0.1, 0.15) is 19.8 Å². The SMILES string of the molecule is C=C(C)C(=O)NCCCCN.Cl. The van der Waals surface area contributed by atoms with E-state index in [-0.39, 0.29) is 18.3 Å². The molecule has 0 aromatic carbocycles. The maximum atomic E-state index is 10.9. The second kappa shape index (κ2) is 8.56. The number of amides is 1. The Kier molecular flexibility index (Phi) is 9.99. The van der Waals surface area contributed by atoms with Crippen LogP contribution in [0.5, 0.6) is 0 Å². The summed E-state index contributed by atoms with van der Waals surface area (Å²) in [6, 6.07) is 0. The first-order chi connectivity index (χ1) is 5.18. The normalized spacial score (nSPS) is 8.50. The molecule has 0 atom stereocenters. The number of halogens is 1. The Labute approximate surface area is 79.8 Å². The van der Waals surface area contributed by atoms with Crippen molar-refractivity contribution in [2.24, 2.45) is 5.73 Å². The molecule has 0 bridgehead atoms. The molecule has 0 radical (unpaired) electrons. The molecular formula is C8H17ClN2O. The monoisotopic (exact) mass is 192 g/mol. The van der Waals surface area contributed by atoms with Gasteiger partial charge < -0.3 is 11.1 Å². The predicted molar refractivity (Wildman–Crippen MR) is 53.4 cm³/mol. The van der Waals surface area contributed by atoms with E-state index in [4.69, 9.17) is 5.73 Å². The van der Waals surface area contributed by atoms with Gasteiger partial charge in [-0.2, -0.15) is 0 Å². The van der Waals surface area contributed by atoms with Gasteiger partial charge >= 0.3 is 0 Å². The van der Waals surface area contributed by atoms with Crippen LogP contribution in [0, 0.1) is 0 Å². The van der Waals surface area contributed by atoms with Crippen molar-refractivity contribution in [3.05, 3.63) is 12.2 Å². The minimum atomic E-state index is -0.0676. The molecule has 0 aliphatic heterocycles. The quantitative estimate of drug-likeness (QED) is 0.501. The van der Waals surface area contributed by atoms with E-state index >= 15 is 0 Å². The van der Waals surface area contributed by atoms with Gasteiger partial charge in [0.15, 0.2) is 0 Å². The highest BCUT2D eigenvalue weighted by atomic mass is 35.5. The van der Waals surface area contributed by atoms with E-state index in [1.165, 1.54) is 0 Å². The molecule has 0 rings (SSSR count). The van der Waals surface area contributed by atoms with Gasteiger partial charge in [0.05, 0.1) is 0 Å². The Morgan fingerprint density at radius 1 is 1.50 bits per heavy atom. The van der Waals surface area contributed by atoms with Crippen molar-refractivity contribution >= 4 is 18.3 Å². The van der Waals surface area contributed by atoms with Crippen molar-refractivity contribution in [3.63, 3.8) is 0 Å². The van der Waals surface area contributed by atoms with Gasteiger partial charge in [-0.25, -0.2) is 0 Å². The molecule has 0 fully saturated rings. The molecule has 1 amide bonds. The first-order valence-corrected chi connectivity index (χ1v) is 3.82. The number of nitrogens with two attached hydrogens (primary N) is 1. The van der Waals surface area contributed by atoms with Gasteiger partial charge in [0.25, 0.3) is 0 Å². The molecule has 0 aromatic heterocycles. The second-order valence-electron chi connectivity index (χ2n) is 2.53. The van der Waals surface area contributed by atoms with E-state index < -0.39 is 0 Å². The summed E-state index contributed by atoms with van der Waals surface area (Å²) in [6.07, 6.45) is 1.89. The van der Waals surface area contributed by atoms with Crippen LogP contribution < -0.4 is 11.1 Å². The fourth-order valence-corrected chi connectivity index (χ4v) is 0.622. The van der Waals surface area contributed by atoms with Crippen molar-refractivity contribution in [1.82, 2.24) is 5.32 Å².